The summed E-state index contributed by atoms with van der Waals surface area (Å²) in [5, 5.41) is 17.7. The van der Waals surface area contributed by atoms with E-state index in [1.165, 1.54) is 17.7 Å². The Morgan fingerprint density at radius 2 is 1.71 bits per heavy atom. The highest BCUT2D eigenvalue weighted by Crippen LogP contribution is 2.12. The zero-order valence-corrected chi connectivity index (χ0v) is 17.8. The van der Waals surface area contributed by atoms with Gasteiger partial charge in [-0.25, -0.2) is 4.99 Å². The van der Waals surface area contributed by atoms with Crippen LogP contribution in [0, 0.1) is 10.1 Å². The van der Waals surface area contributed by atoms with Crippen molar-refractivity contribution in [3.8, 4) is 0 Å². The average Bonchev–Trinajstić information content (AvgIpc) is 2.81. The number of ether oxygens (including phenoxy) is 1. The molecule has 1 aliphatic heterocycles. The smallest absolute Gasteiger partial charge is 0.269 e. The van der Waals surface area contributed by atoms with E-state index in [2.05, 4.69) is 44.8 Å². The van der Waals surface area contributed by atoms with Crippen LogP contribution in [0.2, 0.25) is 0 Å². The monoisotopic (exact) mass is 425 g/mol. The van der Waals surface area contributed by atoms with Crippen LogP contribution in [0.1, 0.15) is 17.5 Å². The molecule has 2 aromatic carbocycles. The molecule has 166 valence electrons. The van der Waals surface area contributed by atoms with E-state index < -0.39 is 0 Å². The third-order valence-corrected chi connectivity index (χ3v) is 5.17. The lowest BCUT2D eigenvalue weighted by atomic mass is 10.1. The fourth-order valence-corrected chi connectivity index (χ4v) is 3.37. The SMILES string of the molecule is O=[N+]([O-])c1ccc(CN=C(NCCCc2ccccc2)NCCN2CCOCC2)cc1. The van der Waals surface area contributed by atoms with Gasteiger partial charge in [-0.2, -0.15) is 0 Å². The summed E-state index contributed by atoms with van der Waals surface area (Å²) in [5.74, 6) is 0.764. The Morgan fingerprint density at radius 1 is 1.00 bits per heavy atom. The Morgan fingerprint density at radius 3 is 2.42 bits per heavy atom. The zero-order valence-electron chi connectivity index (χ0n) is 17.8. The first-order valence-electron chi connectivity index (χ1n) is 10.8. The molecule has 0 unspecified atom stereocenters. The number of nitro benzene ring substituents is 1. The standard InChI is InChI=1S/C23H31N5O3/c29-28(30)22-10-8-21(9-11-22)19-26-23(25-13-14-27-15-17-31-18-16-27)24-12-4-7-20-5-2-1-3-6-20/h1-3,5-6,8-11H,4,7,12-19H2,(H2,24,25,26). The molecule has 2 aromatic rings. The van der Waals surface area contributed by atoms with Crippen LogP contribution in [0.5, 0.6) is 0 Å². The molecule has 1 fully saturated rings. The van der Waals surface area contributed by atoms with E-state index in [1.54, 1.807) is 12.1 Å². The minimum absolute atomic E-state index is 0.0932. The van der Waals surface area contributed by atoms with Gasteiger partial charge >= 0.3 is 0 Å². The third-order valence-electron chi connectivity index (χ3n) is 5.17. The van der Waals surface area contributed by atoms with Gasteiger partial charge < -0.3 is 15.4 Å². The van der Waals surface area contributed by atoms with Crippen LogP contribution in [0.4, 0.5) is 5.69 Å². The van der Waals surface area contributed by atoms with Crippen molar-refractivity contribution in [1.29, 1.82) is 0 Å². The molecule has 8 nitrogen and oxygen atoms in total. The topological polar surface area (TPSA) is 92.0 Å². The van der Waals surface area contributed by atoms with Crippen LogP contribution in [0.3, 0.4) is 0 Å². The highest BCUT2D eigenvalue weighted by Gasteiger charge is 2.10. The molecule has 0 amide bonds. The minimum Gasteiger partial charge on any atom is -0.379 e. The van der Waals surface area contributed by atoms with Gasteiger partial charge in [0.05, 0.1) is 24.7 Å². The van der Waals surface area contributed by atoms with Crippen LogP contribution < -0.4 is 10.6 Å². The molecule has 0 spiro atoms. The van der Waals surface area contributed by atoms with Crippen LogP contribution in [0.25, 0.3) is 0 Å². The van der Waals surface area contributed by atoms with Crippen molar-refractivity contribution < 1.29 is 9.66 Å². The molecule has 1 saturated heterocycles. The van der Waals surface area contributed by atoms with E-state index in [1.807, 2.05) is 6.07 Å². The highest BCUT2D eigenvalue weighted by molar-refractivity contribution is 5.79. The summed E-state index contributed by atoms with van der Waals surface area (Å²) >= 11 is 0. The number of rotatable bonds is 10. The Balaban J connectivity index is 1.50. The van der Waals surface area contributed by atoms with Crippen molar-refractivity contribution in [2.75, 3.05) is 45.9 Å². The van der Waals surface area contributed by atoms with Crippen molar-refractivity contribution in [2.24, 2.45) is 4.99 Å². The summed E-state index contributed by atoms with van der Waals surface area (Å²) in [6, 6.07) is 17.0. The second kappa shape index (κ2) is 12.7. The summed E-state index contributed by atoms with van der Waals surface area (Å²) in [7, 11) is 0. The molecular weight excluding hydrogens is 394 g/mol. The van der Waals surface area contributed by atoms with E-state index in [0.717, 1.165) is 70.3 Å². The molecule has 0 radical (unpaired) electrons. The van der Waals surface area contributed by atoms with Crippen LogP contribution in [-0.4, -0.2) is 61.7 Å². The van der Waals surface area contributed by atoms with Crippen LogP contribution >= 0.6 is 0 Å². The van der Waals surface area contributed by atoms with Gasteiger partial charge in [0.15, 0.2) is 5.96 Å². The average molecular weight is 426 g/mol. The molecular formula is C23H31N5O3. The quantitative estimate of drug-likeness (QED) is 0.200. The second-order valence-corrected chi connectivity index (χ2v) is 7.49. The molecule has 8 heteroatoms. The Kier molecular flexibility index (Phi) is 9.28. The maximum absolute atomic E-state index is 10.8. The fourth-order valence-electron chi connectivity index (χ4n) is 3.37. The third kappa shape index (κ3) is 8.35. The second-order valence-electron chi connectivity index (χ2n) is 7.49. The first-order valence-corrected chi connectivity index (χ1v) is 10.8. The van der Waals surface area contributed by atoms with Gasteiger partial charge in [0.25, 0.3) is 5.69 Å². The summed E-state index contributed by atoms with van der Waals surface area (Å²) < 4.78 is 5.40. The normalized spacial score (nSPS) is 14.9. The summed E-state index contributed by atoms with van der Waals surface area (Å²) in [4.78, 5) is 17.5. The van der Waals surface area contributed by atoms with Crippen molar-refractivity contribution in [1.82, 2.24) is 15.5 Å². The molecule has 1 heterocycles. The van der Waals surface area contributed by atoms with E-state index in [-0.39, 0.29) is 10.6 Å². The van der Waals surface area contributed by atoms with Gasteiger partial charge in [0.1, 0.15) is 0 Å². The molecule has 31 heavy (non-hydrogen) atoms. The zero-order chi connectivity index (χ0) is 21.7. The molecule has 0 saturated carbocycles. The van der Waals surface area contributed by atoms with Gasteiger partial charge in [-0.15, -0.1) is 0 Å². The van der Waals surface area contributed by atoms with Gasteiger partial charge in [0, 0.05) is 44.9 Å². The first kappa shape index (κ1) is 22.7. The number of hydrogen-bond donors (Lipinski definition) is 2. The fraction of sp³-hybridized carbons (Fsp3) is 0.435. The molecule has 0 atom stereocenters. The molecule has 0 aromatic heterocycles. The summed E-state index contributed by atoms with van der Waals surface area (Å²) in [6.45, 7) is 6.51. The molecule has 3 rings (SSSR count). The first-order chi connectivity index (χ1) is 15.2. The van der Waals surface area contributed by atoms with E-state index in [0.29, 0.717) is 6.54 Å². The van der Waals surface area contributed by atoms with E-state index in [4.69, 9.17) is 4.74 Å². The molecule has 0 bridgehead atoms. The van der Waals surface area contributed by atoms with Gasteiger partial charge in [0.2, 0.25) is 0 Å². The minimum atomic E-state index is -0.389. The lowest BCUT2D eigenvalue weighted by Gasteiger charge is -2.26. The number of aliphatic imine (C=N–C) groups is 1. The predicted molar refractivity (Wildman–Crippen MR) is 122 cm³/mol. The maximum atomic E-state index is 10.8. The van der Waals surface area contributed by atoms with Crippen molar-refractivity contribution in [3.63, 3.8) is 0 Å². The Hall–Kier alpha value is -2.97. The number of nitrogens with one attached hydrogen (secondary N) is 2. The Labute approximate surface area is 183 Å². The number of non-ortho nitro benzene ring substituents is 1. The predicted octanol–water partition coefficient (Wildman–Crippen LogP) is 2.60. The number of benzene rings is 2. The summed E-state index contributed by atoms with van der Waals surface area (Å²) in [5.41, 5.74) is 2.36. The number of nitro groups is 1. The molecule has 0 aliphatic carbocycles. The van der Waals surface area contributed by atoms with Gasteiger partial charge in [-0.1, -0.05) is 42.5 Å². The van der Waals surface area contributed by atoms with Crippen LogP contribution in [0.15, 0.2) is 59.6 Å². The largest absolute Gasteiger partial charge is 0.379 e. The highest BCUT2D eigenvalue weighted by atomic mass is 16.6. The lowest BCUT2D eigenvalue weighted by molar-refractivity contribution is -0.384. The van der Waals surface area contributed by atoms with Gasteiger partial charge in [-0.05, 0) is 24.0 Å². The number of nitrogens with zero attached hydrogens (tertiary/aromatic N) is 3. The van der Waals surface area contributed by atoms with Crippen LogP contribution in [-0.2, 0) is 17.7 Å². The number of hydrogen-bond acceptors (Lipinski definition) is 5. The number of morpholine rings is 1. The Bertz CT molecular complexity index is 821. The van der Waals surface area contributed by atoms with E-state index >= 15 is 0 Å². The van der Waals surface area contributed by atoms with Crippen molar-refractivity contribution in [3.05, 3.63) is 75.8 Å². The number of guanidine groups is 1. The summed E-state index contributed by atoms with van der Waals surface area (Å²) in [6.07, 6.45) is 2.02. The maximum Gasteiger partial charge on any atom is 0.269 e. The van der Waals surface area contributed by atoms with Gasteiger partial charge in [-0.3, -0.25) is 15.0 Å². The molecule has 2 N–H and O–H groups in total. The van der Waals surface area contributed by atoms with Crippen molar-refractivity contribution in [2.45, 2.75) is 19.4 Å². The number of aryl methyl sites for hydroxylation is 1. The van der Waals surface area contributed by atoms with Crippen molar-refractivity contribution >= 4 is 11.6 Å². The van der Waals surface area contributed by atoms with E-state index in [9.17, 15) is 10.1 Å². The molecule has 1 aliphatic rings. The lowest BCUT2D eigenvalue weighted by Crippen LogP contribution is -2.44.